The summed E-state index contributed by atoms with van der Waals surface area (Å²) in [4.78, 5) is 14.4. The van der Waals surface area contributed by atoms with Gasteiger partial charge in [-0.3, -0.25) is 0 Å². The molecule has 2 aromatic rings. The predicted molar refractivity (Wildman–Crippen MR) is 137 cm³/mol. The molecule has 0 aromatic heterocycles. The molecule has 1 heterocycles. The molecule has 1 amide bonds. The Morgan fingerprint density at radius 3 is 2.71 bits per heavy atom. The van der Waals surface area contributed by atoms with Gasteiger partial charge in [-0.15, -0.1) is 6.58 Å². The van der Waals surface area contributed by atoms with Crippen molar-refractivity contribution in [2.24, 2.45) is 0 Å². The molecule has 1 aliphatic heterocycles. The minimum absolute atomic E-state index is 0.212. The first-order valence-electron chi connectivity index (χ1n) is 11.9. The Bertz CT molecular complexity index is 1020. The van der Waals surface area contributed by atoms with Crippen LogP contribution in [0.25, 0.3) is 11.1 Å². The van der Waals surface area contributed by atoms with Crippen LogP contribution in [0.3, 0.4) is 0 Å². The minimum atomic E-state index is -1.39. The lowest BCUT2D eigenvalue weighted by molar-refractivity contribution is -0.149. The molecule has 0 spiro atoms. The zero-order valence-corrected chi connectivity index (χ0v) is 21.4. The highest BCUT2D eigenvalue weighted by molar-refractivity contribution is 6.33. The number of amides is 1. The van der Waals surface area contributed by atoms with Crippen molar-refractivity contribution in [3.05, 3.63) is 71.3 Å². The van der Waals surface area contributed by atoms with E-state index in [4.69, 9.17) is 21.1 Å². The SMILES string of the molecule is C=CCC[C@@](O)(c1cccc(Cl)c1-c1cccc(CC)c1)C1CN(C(=O)OC(C)(C)C)CCO1. The van der Waals surface area contributed by atoms with Crippen LogP contribution in [0, 0.1) is 0 Å². The molecule has 2 atom stereocenters. The molecule has 1 fully saturated rings. The number of rotatable bonds is 7. The van der Waals surface area contributed by atoms with Gasteiger partial charge in [-0.25, -0.2) is 4.79 Å². The normalized spacial score (nSPS) is 18.3. The number of nitrogens with zero attached hydrogens (tertiary/aromatic N) is 1. The van der Waals surface area contributed by atoms with E-state index in [2.05, 4.69) is 25.6 Å². The summed E-state index contributed by atoms with van der Waals surface area (Å²) < 4.78 is 11.7. The van der Waals surface area contributed by atoms with Gasteiger partial charge >= 0.3 is 6.09 Å². The van der Waals surface area contributed by atoms with Crippen LogP contribution in [0.4, 0.5) is 4.79 Å². The van der Waals surface area contributed by atoms with Gasteiger partial charge in [0, 0.05) is 17.1 Å². The van der Waals surface area contributed by atoms with Crippen LogP contribution in [-0.4, -0.2) is 47.5 Å². The van der Waals surface area contributed by atoms with Gasteiger partial charge in [0.05, 0.1) is 13.2 Å². The molecular weight excluding hydrogens is 450 g/mol. The van der Waals surface area contributed by atoms with E-state index < -0.39 is 23.4 Å². The van der Waals surface area contributed by atoms with Crippen molar-refractivity contribution in [2.45, 2.75) is 64.3 Å². The number of allylic oxidation sites excluding steroid dienone is 1. The van der Waals surface area contributed by atoms with E-state index in [9.17, 15) is 9.90 Å². The summed E-state index contributed by atoms with van der Waals surface area (Å²) >= 11 is 6.73. The summed E-state index contributed by atoms with van der Waals surface area (Å²) in [6.07, 6.45) is 2.56. The second kappa shape index (κ2) is 10.9. The van der Waals surface area contributed by atoms with Crippen molar-refractivity contribution in [3.63, 3.8) is 0 Å². The quantitative estimate of drug-likeness (QED) is 0.463. The monoisotopic (exact) mass is 485 g/mol. The largest absolute Gasteiger partial charge is 0.444 e. The molecule has 1 unspecified atom stereocenters. The lowest BCUT2D eigenvalue weighted by Gasteiger charge is -2.43. The molecule has 0 saturated carbocycles. The summed E-state index contributed by atoms with van der Waals surface area (Å²) in [7, 11) is 0. The first-order chi connectivity index (χ1) is 16.1. The number of benzene rings is 2. The van der Waals surface area contributed by atoms with Crippen molar-refractivity contribution in [1.82, 2.24) is 4.90 Å². The van der Waals surface area contributed by atoms with E-state index in [-0.39, 0.29) is 6.54 Å². The molecule has 0 bridgehead atoms. The van der Waals surface area contributed by atoms with Crippen LogP contribution in [0.2, 0.25) is 5.02 Å². The maximum atomic E-state index is 12.8. The van der Waals surface area contributed by atoms with E-state index in [1.54, 1.807) is 11.0 Å². The zero-order valence-electron chi connectivity index (χ0n) is 20.6. The second-order valence-corrected chi connectivity index (χ2v) is 10.2. The van der Waals surface area contributed by atoms with Gasteiger partial charge in [0.2, 0.25) is 0 Å². The molecule has 34 heavy (non-hydrogen) atoms. The Morgan fingerprint density at radius 2 is 2.03 bits per heavy atom. The van der Waals surface area contributed by atoms with Crippen molar-refractivity contribution in [2.75, 3.05) is 19.7 Å². The van der Waals surface area contributed by atoms with Gasteiger partial charge in [0.25, 0.3) is 0 Å². The van der Waals surface area contributed by atoms with Gasteiger partial charge in [0.15, 0.2) is 0 Å². The number of ether oxygens (including phenoxy) is 2. The number of halogens is 1. The summed E-state index contributed by atoms with van der Waals surface area (Å²) in [6.45, 7) is 12.4. The van der Waals surface area contributed by atoms with Crippen LogP contribution in [0.5, 0.6) is 0 Å². The highest BCUT2D eigenvalue weighted by atomic mass is 35.5. The van der Waals surface area contributed by atoms with E-state index in [0.717, 1.165) is 17.5 Å². The second-order valence-electron chi connectivity index (χ2n) is 9.75. The number of carbonyl (C=O) groups excluding carboxylic acids is 1. The fourth-order valence-corrected chi connectivity index (χ4v) is 4.63. The fraction of sp³-hybridized carbons (Fsp3) is 0.464. The number of hydrogen-bond acceptors (Lipinski definition) is 4. The van der Waals surface area contributed by atoms with Crippen molar-refractivity contribution < 1.29 is 19.4 Å². The highest BCUT2D eigenvalue weighted by Crippen LogP contribution is 2.43. The molecular formula is C28H36ClNO4. The number of hydrogen-bond donors (Lipinski definition) is 1. The average Bonchev–Trinajstić information content (AvgIpc) is 2.81. The Balaban J connectivity index is 2.05. The molecule has 5 nitrogen and oxygen atoms in total. The first kappa shape index (κ1) is 26.3. The van der Waals surface area contributed by atoms with Crippen molar-refractivity contribution in [3.8, 4) is 11.1 Å². The number of aryl methyl sites for hydroxylation is 1. The van der Waals surface area contributed by atoms with Crippen LogP contribution in [-0.2, 0) is 21.5 Å². The molecule has 3 rings (SSSR count). The number of morpholine rings is 1. The van der Waals surface area contributed by atoms with Crippen molar-refractivity contribution >= 4 is 17.7 Å². The fourth-order valence-electron chi connectivity index (χ4n) is 4.35. The van der Waals surface area contributed by atoms with E-state index in [1.807, 2.05) is 51.1 Å². The molecule has 0 aliphatic carbocycles. The first-order valence-corrected chi connectivity index (χ1v) is 12.3. The van der Waals surface area contributed by atoms with E-state index in [1.165, 1.54) is 5.56 Å². The average molecular weight is 486 g/mol. The van der Waals surface area contributed by atoms with E-state index in [0.29, 0.717) is 36.6 Å². The Morgan fingerprint density at radius 1 is 1.29 bits per heavy atom. The maximum absolute atomic E-state index is 12.8. The molecule has 6 heteroatoms. The Labute approximate surface area is 208 Å². The molecule has 1 saturated heterocycles. The highest BCUT2D eigenvalue weighted by Gasteiger charge is 2.44. The lowest BCUT2D eigenvalue weighted by atomic mass is 9.79. The summed E-state index contributed by atoms with van der Waals surface area (Å²) in [6, 6.07) is 13.8. The van der Waals surface area contributed by atoms with Crippen molar-refractivity contribution in [1.29, 1.82) is 0 Å². The maximum Gasteiger partial charge on any atom is 0.410 e. The van der Waals surface area contributed by atoms with Gasteiger partial charge in [-0.05, 0) is 62.8 Å². The number of carbonyl (C=O) groups is 1. The Kier molecular flexibility index (Phi) is 8.45. The number of aliphatic hydroxyl groups is 1. The van der Waals surface area contributed by atoms with Gasteiger partial charge in [-0.2, -0.15) is 0 Å². The molecule has 1 N–H and O–H groups in total. The summed E-state index contributed by atoms with van der Waals surface area (Å²) in [5.41, 5.74) is 1.60. The minimum Gasteiger partial charge on any atom is -0.444 e. The third-order valence-corrected chi connectivity index (χ3v) is 6.40. The standard InChI is InChI=1S/C28H36ClNO4/c1-6-8-15-28(32,24-19-30(16-17-33-24)26(31)34-27(3,4)5)22-13-10-14-23(29)25(22)21-12-9-11-20(7-2)18-21/h6,9-14,18,24,32H,1,7-8,15-17,19H2,2-5H3/t24?,28-/m1/s1. The topological polar surface area (TPSA) is 59.0 Å². The van der Waals surface area contributed by atoms with Crippen LogP contribution in [0.15, 0.2) is 55.1 Å². The van der Waals surface area contributed by atoms with E-state index >= 15 is 0 Å². The van der Waals surface area contributed by atoms with Gasteiger partial charge in [0.1, 0.15) is 17.3 Å². The third-order valence-electron chi connectivity index (χ3n) is 6.08. The van der Waals surface area contributed by atoms with Gasteiger partial charge in [-0.1, -0.05) is 61.0 Å². The Hall–Kier alpha value is -2.34. The predicted octanol–water partition coefficient (Wildman–Crippen LogP) is 6.36. The summed E-state index contributed by atoms with van der Waals surface area (Å²) in [5.74, 6) is 0. The lowest BCUT2D eigenvalue weighted by Crippen LogP contribution is -2.55. The van der Waals surface area contributed by atoms with Crippen LogP contribution < -0.4 is 0 Å². The molecule has 184 valence electrons. The smallest absolute Gasteiger partial charge is 0.410 e. The molecule has 0 radical (unpaired) electrons. The summed E-state index contributed by atoms with van der Waals surface area (Å²) in [5, 5.41) is 12.8. The third kappa shape index (κ3) is 6.01. The zero-order chi connectivity index (χ0) is 24.9. The van der Waals surface area contributed by atoms with Gasteiger partial charge < -0.3 is 19.5 Å². The molecule has 2 aromatic carbocycles. The molecule has 1 aliphatic rings. The van der Waals surface area contributed by atoms with Crippen LogP contribution >= 0.6 is 11.6 Å². The van der Waals surface area contributed by atoms with Crippen LogP contribution in [0.1, 0.15) is 51.7 Å².